The van der Waals surface area contributed by atoms with Crippen LogP contribution >= 0.6 is 0 Å². The second-order valence-corrected chi connectivity index (χ2v) is 5.59. The van der Waals surface area contributed by atoms with Crippen LogP contribution in [0.25, 0.3) is 0 Å². The van der Waals surface area contributed by atoms with Crippen LogP contribution in [0.1, 0.15) is 51.1 Å². The molecule has 1 saturated carbocycles. The second-order valence-electron chi connectivity index (χ2n) is 5.59. The molecule has 106 valence electrons. The van der Waals surface area contributed by atoms with Crippen LogP contribution in [0, 0.1) is 5.92 Å². The lowest BCUT2D eigenvalue weighted by Crippen LogP contribution is -2.33. The highest BCUT2D eigenvalue weighted by Crippen LogP contribution is 2.25. The van der Waals surface area contributed by atoms with E-state index >= 15 is 0 Å². The van der Waals surface area contributed by atoms with E-state index in [1.165, 1.54) is 38.5 Å². The fourth-order valence-corrected chi connectivity index (χ4v) is 2.91. The molecule has 1 aliphatic carbocycles. The Morgan fingerprint density at radius 2 is 2.00 bits per heavy atom. The number of hydrogen-bond acceptors (Lipinski definition) is 3. The van der Waals surface area contributed by atoms with Crippen molar-refractivity contribution in [3.63, 3.8) is 0 Å². The van der Waals surface area contributed by atoms with Gasteiger partial charge in [-0.2, -0.15) is 0 Å². The Balaban J connectivity index is 1.83. The molecule has 1 aromatic heterocycles. The van der Waals surface area contributed by atoms with Gasteiger partial charge in [-0.05, 0) is 31.7 Å². The van der Waals surface area contributed by atoms with Crippen molar-refractivity contribution in [3.05, 3.63) is 23.9 Å². The molecule has 1 heterocycles. The Kier molecular flexibility index (Phi) is 5.64. The quantitative estimate of drug-likeness (QED) is 0.824. The normalized spacial score (nSPS) is 18.8. The minimum Gasteiger partial charge on any atom is -0.481 e. The molecule has 1 aliphatic rings. The van der Waals surface area contributed by atoms with Gasteiger partial charge < -0.3 is 10.1 Å². The lowest BCUT2D eigenvalue weighted by atomic mass is 9.93. The van der Waals surface area contributed by atoms with Gasteiger partial charge in [0.2, 0.25) is 5.88 Å². The maximum absolute atomic E-state index is 5.16. The van der Waals surface area contributed by atoms with E-state index in [9.17, 15) is 0 Å². The summed E-state index contributed by atoms with van der Waals surface area (Å²) in [5, 5.41) is 3.63. The van der Waals surface area contributed by atoms with Gasteiger partial charge >= 0.3 is 0 Å². The van der Waals surface area contributed by atoms with Crippen molar-refractivity contribution in [3.8, 4) is 5.88 Å². The number of methoxy groups -OCH3 is 1. The number of pyridine rings is 1. The Labute approximate surface area is 116 Å². The lowest BCUT2D eigenvalue weighted by Gasteiger charge is -2.23. The average molecular weight is 262 g/mol. The molecule has 0 amide bonds. The van der Waals surface area contributed by atoms with Crippen LogP contribution in [0.4, 0.5) is 0 Å². The molecule has 0 bridgehead atoms. The van der Waals surface area contributed by atoms with E-state index in [2.05, 4.69) is 23.3 Å². The Morgan fingerprint density at radius 1 is 1.26 bits per heavy atom. The van der Waals surface area contributed by atoms with Gasteiger partial charge in [0.25, 0.3) is 0 Å². The molecule has 1 N–H and O–H groups in total. The number of aromatic nitrogens is 1. The van der Waals surface area contributed by atoms with E-state index < -0.39 is 0 Å². The molecular weight excluding hydrogens is 236 g/mol. The molecule has 2 rings (SSSR count). The first-order chi connectivity index (χ1) is 9.29. The SMILES string of the molecule is COc1cccc(CN[C@@H](C)C2CCCCCC2)n1. The van der Waals surface area contributed by atoms with Gasteiger partial charge in [0.1, 0.15) is 0 Å². The third-order valence-corrected chi connectivity index (χ3v) is 4.20. The molecule has 0 aliphatic heterocycles. The highest BCUT2D eigenvalue weighted by atomic mass is 16.5. The summed E-state index contributed by atoms with van der Waals surface area (Å²) in [6.07, 6.45) is 8.38. The zero-order chi connectivity index (χ0) is 13.5. The number of rotatable bonds is 5. The maximum Gasteiger partial charge on any atom is 0.213 e. The van der Waals surface area contributed by atoms with Crippen LogP contribution in [0.2, 0.25) is 0 Å². The van der Waals surface area contributed by atoms with Gasteiger partial charge in [-0.25, -0.2) is 4.98 Å². The first-order valence-electron chi connectivity index (χ1n) is 7.53. The molecule has 0 spiro atoms. The standard InChI is InChI=1S/C16H26N2O/c1-13(14-8-5-3-4-6-9-14)17-12-15-10-7-11-16(18-15)19-2/h7,10-11,13-14,17H,3-6,8-9,12H2,1-2H3/t13-/m0/s1. The van der Waals surface area contributed by atoms with Crippen molar-refractivity contribution in [1.29, 1.82) is 0 Å². The van der Waals surface area contributed by atoms with Crippen molar-refractivity contribution >= 4 is 0 Å². The Morgan fingerprint density at radius 3 is 2.68 bits per heavy atom. The molecule has 1 fully saturated rings. The summed E-state index contributed by atoms with van der Waals surface area (Å²) in [6.45, 7) is 3.14. The molecule has 0 radical (unpaired) electrons. The summed E-state index contributed by atoms with van der Waals surface area (Å²) in [6, 6.07) is 6.51. The molecule has 3 nitrogen and oxygen atoms in total. The van der Waals surface area contributed by atoms with Crippen molar-refractivity contribution in [2.75, 3.05) is 7.11 Å². The number of nitrogens with zero attached hydrogens (tertiary/aromatic N) is 1. The van der Waals surface area contributed by atoms with E-state index in [1.54, 1.807) is 7.11 Å². The maximum atomic E-state index is 5.16. The highest BCUT2D eigenvalue weighted by molar-refractivity contribution is 5.15. The molecule has 0 saturated heterocycles. The summed E-state index contributed by atoms with van der Waals surface area (Å²) in [7, 11) is 1.66. The van der Waals surface area contributed by atoms with Crippen molar-refractivity contribution in [1.82, 2.24) is 10.3 Å². The van der Waals surface area contributed by atoms with E-state index in [0.29, 0.717) is 11.9 Å². The van der Waals surface area contributed by atoms with Crippen LogP contribution in [0.15, 0.2) is 18.2 Å². The monoisotopic (exact) mass is 262 g/mol. The van der Waals surface area contributed by atoms with Crippen molar-refractivity contribution < 1.29 is 4.74 Å². The van der Waals surface area contributed by atoms with Gasteiger partial charge in [0.15, 0.2) is 0 Å². The fraction of sp³-hybridized carbons (Fsp3) is 0.688. The summed E-state index contributed by atoms with van der Waals surface area (Å²) in [5.74, 6) is 1.52. The average Bonchev–Trinajstić information content (AvgIpc) is 2.74. The summed E-state index contributed by atoms with van der Waals surface area (Å²) < 4.78 is 5.16. The largest absolute Gasteiger partial charge is 0.481 e. The smallest absolute Gasteiger partial charge is 0.213 e. The van der Waals surface area contributed by atoms with Gasteiger partial charge in [-0.1, -0.05) is 31.7 Å². The zero-order valence-corrected chi connectivity index (χ0v) is 12.2. The van der Waals surface area contributed by atoms with Crippen LogP contribution in [0.3, 0.4) is 0 Å². The first kappa shape index (κ1) is 14.3. The fourth-order valence-electron chi connectivity index (χ4n) is 2.91. The lowest BCUT2D eigenvalue weighted by molar-refractivity contribution is 0.334. The van der Waals surface area contributed by atoms with Gasteiger partial charge in [-0.3, -0.25) is 0 Å². The van der Waals surface area contributed by atoms with Crippen LogP contribution in [0.5, 0.6) is 5.88 Å². The molecule has 0 aromatic carbocycles. The Bertz CT molecular complexity index is 373. The minimum absolute atomic E-state index is 0.575. The van der Waals surface area contributed by atoms with Crippen molar-refractivity contribution in [2.24, 2.45) is 5.92 Å². The summed E-state index contributed by atoms with van der Waals surface area (Å²) >= 11 is 0. The molecule has 1 atom stereocenters. The molecule has 19 heavy (non-hydrogen) atoms. The predicted octanol–water partition coefficient (Wildman–Crippen LogP) is 3.54. The van der Waals surface area contributed by atoms with E-state index in [1.807, 2.05) is 12.1 Å². The summed E-state index contributed by atoms with van der Waals surface area (Å²) in [4.78, 5) is 4.44. The summed E-state index contributed by atoms with van der Waals surface area (Å²) in [5.41, 5.74) is 1.06. The topological polar surface area (TPSA) is 34.1 Å². The van der Waals surface area contributed by atoms with Gasteiger partial charge in [0, 0.05) is 18.7 Å². The Hall–Kier alpha value is -1.09. The number of ether oxygens (including phenoxy) is 1. The minimum atomic E-state index is 0.575. The number of nitrogens with one attached hydrogen (secondary N) is 1. The van der Waals surface area contributed by atoms with E-state index in [-0.39, 0.29) is 0 Å². The van der Waals surface area contributed by atoms with Gasteiger partial charge in [0.05, 0.1) is 12.8 Å². The van der Waals surface area contributed by atoms with E-state index in [0.717, 1.165) is 18.2 Å². The molecule has 3 heteroatoms. The molecule has 0 unspecified atom stereocenters. The third kappa shape index (κ3) is 4.50. The van der Waals surface area contributed by atoms with E-state index in [4.69, 9.17) is 4.74 Å². The molecule has 1 aromatic rings. The molecular formula is C16H26N2O. The second kappa shape index (κ2) is 7.49. The van der Waals surface area contributed by atoms with Crippen LogP contribution in [-0.4, -0.2) is 18.1 Å². The van der Waals surface area contributed by atoms with Gasteiger partial charge in [-0.15, -0.1) is 0 Å². The third-order valence-electron chi connectivity index (χ3n) is 4.20. The first-order valence-corrected chi connectivity index (χ1v) is 7.53. The predicted molar refractivity (Wildman–Crippen MR) is 78.3 cm³/mol. The highest BCUT2D eigenvalue weighted by Gasteiger charge is 2.18. The van der Waals surface area contributed by atoms with Crippen LogP contribution in [-0.2, 0) is 6.54 Å². The number of hydrogen-bond donors (Lipinski definition) is 1. The van der Waals surface area contributed by atoms with Crippen molar-refractivity contribution in [2.45, 2.75) is 58.0 Å². The van der Waals surface area contributed by atoms with Crippen LogP contribution < -0.4 is 10.1 Å². The zero-order valence-electron chi connectivity index (χ0n) is 12.2.